The van der Waals surface area contributed by atoms with E-state index in [2.05, 4.69) is 5.32 Å². The number of benzene rings is 1. The lowest BCUT2D eigenvalue weighted by molar-refractivity contribution is -0.126. The molecule has 0 radical (unpaired) electrons. The third kappa shape index (κ3) is 3.11. The van der Waals surface area contributed by atoms with Crippen molar-refractivity contribution in [3.05, 3.63) is 33.8 Å². The molecular formula is C20H26ClNO3. The average molecular weight is 364 g/mol. The molecule has 1 aliphatic carbocycles. The summed E-state index contributed by atoms with van der Waals surface area (Å²) in [6, 6.07) is 3.78. The summed E-state index contributed by atoms with van der Waals surface area (Å²) in [4.78, 5) is 26.2. The highest BCUT2D eigenvalue weighted by molar-refractivity contribution is 6.30. The van der Waals surface area contributed by atoms with Crippen molar-refractivity contribution in [1.29, 1.82) is 0 Å². The summed E-state index contributed by atoms with van der Waals surface area (Å²) < 4.78 is 5.41. The normalized spacial score (nSPS) is 29.3. The largest absolute Gasteiger partial charge is 0.381 e. The molecular weight excluding hydrogens is 338 g/mol. The van der Waals surface area contributed by atoms with E-state index >= 15 is 0 Å². The highest BCUT2D eigenvalue weighted by Crippen LogP contribution is 2.42. The van der Waals surface area contributed by atoms with Gasteiger partial charge in [-0.25, -0.2) is 0 Å². The quantitative estimate of drug-likeness (QED) is 0.832. The van der Waals surface area contributed by atoms with E-state index in [-0.39, 0.29) is 17.8 Å². The highest BCUT2D eigenvalue weighted by atomic mass is 35.5. The number of methoxy groups -OCH3 is 1. The minimum absolute atomic E-state index is 0.0266. The maximum absolute atomic E-state index is 13.4. The number of carbonyl (C=O) groups is 2. The topological polar surface area (TPSA) is 55.4 Å². The molecule has 0 bridgehead atoms. The van der Waals surface area contributed by atoms with Crippen molar-refractivity contribution in [2.24, 2.45) is 0 Å². The van der Waals surface area contributed by atoms with Gasteiger partial charge in [-0.15, -0.1) is 0 Å². The fourth-order valence-electron chi connectivity index (χ4n) is 4.41. The standard InChI is InChI=1S/C20H26ClNO3/c1-4-12-10-14(21)11-13(5-2)16(12)17-18(23)20(22-19(17)24)8-6-15(25-3)7-9-20/h10-11,15,17H,4-9H2,1-3H3,(H,22,24). The molecule has 1 aliphatic heterocycles. The van der Waals surface area contributed by atoms with Crippen LogP contribution in [-0.4, -0.2) is 30.4 Å². The van der Waals surface area contributed by atoms with Crippen LogP contribution in [-0.2, 0) is 27.2 Å². The number of ketones is 1. The van der Waals surface area contributed by atoms with Gasteiger partial charge in [0, 0.05) is 12.1 Å². The van der Waals surface area contributed by atoms with E-state index in [1.54, 1.807) is 7.11 Å². The van der Waals surface area contributed by atoms with Gasteiger partial charge >= 0.3 is 0 Å². The third-order valence-corrected chi connectivity index (χ3v) is 6.06. The molecule has 5 heteroatoms. The molecule has 4 nitrogen and oxygen atoms in total. The van der Waals surface area contributed by atoms with Crippen LogP contribution in [0.5, 0.6) is 0 Å². The number of hydrogen-bond acceptors (Lipinski definition) is 3. The van der Waals surface area contributed by atoms with Crippen LogP contribution in [0.25, 0.3) is 0 Å². The average Bonchev–Trinajstić information content (AvgIpc) is 2.85. The van der Waals surface area contributed by atoms with Crippen molar-refractivity contribution in [2.45, 2.75) is 69.9 Å². The van der Waals surface area contributed by atoms with Crippen LogP contribution in [0.4, 0.5) is 0 Å². The van der Waals surface area contributed by atoms with Crippen molar-refractivity contribution in [3.8, 4) is 0 Å². The minimum Gasteiger partial charge on any atom is -0.381 e. The number of rotatable bonds is 4. The number of nitrogens with one attached hydrogen (secondary N) is 1. The van der Waals surface area contributed by atoms with Crippen LogP contribution in [0.2, 0.25) is 5.02 Å². The van der Waals surface area contributed by atoms with Gasteiger partial charge < -0.3 is 10.1 Å². The Hall–Kier alpha value is -1.39. The monoisotopic (exact) mass is 363 g/mol. The first-order chi connectivity index (χ1) is 12.0. The maximum atomic E-state index is 13.4. The van der Waals surface area contributed by atoms with E-state index in [0.717, 1.165) is 42.4 Å². The first-order valence-corrected chi connectivity index (χ1v) is 9.53. The molecule has 1 unspecified atom stereocenters. The van der Waals surface area contributed by atoms with E-state index < -0.39 is 11.5 Å². The molecule has 1 aromatic rings. The number of hydrogen-bond donors (Lipinski definition) is 1. The van der Waals surface area contributed by atoms with Crippen LogP contribution >= 0.6 is 11.6 Å². The first kappa shape index (κ1) is 18.4. The number of Topliss-reactive ketones (excluding diaryl/α,β-unsaturated/α-hetero) is 1. The van der Waals surface area contributed by atoms with Crippen LogP contribution in [0.3, 0.4) is 0 Å². The van der Waals surface area contributed by atoms with E-state index in [4.69, 9.17) is 16.3 Å². The number of halogens is 1. The third-order valence-electron chi connectivity index (χ3n) is 5.84. The Bertz CT molecular complexity index is 667. The van der Waals surface area contributed by atoms with Crippen molar-refractivity contribution >= 4 is 23.3 Å². The van der Waals surface area contributed by atoms with E-state index in [1.165, 1.54) is 0 Å². The van der Waals surface area contributed by atoms with E-state index in [9.17, 15) is 9.59 Å². The second-order valence-electron chi connectivity index (χ2n) is 7.15. The highest BCUT2D eigenvalue weighted by Gasteiger charge is 2.54. The fourth-order valence-corrected chi connectivity index (χ4v) is 4.67. The molecule has 25 heavy (non-hydrogen) atoms. The predicted molar refractivity (Wildman–Crippen MR) is 98.1 cm³/mol. The van der Waals surface area contributed by atoms with Gasteiger partial charge in [-0.3, -0.25) is 9.59 Å². The molecule has 1 atom stereocenters. The van der Waals surface area contributed by atoms with Gasteiger partial charge in [0.2, 0.25) is 5.91 Å². The second-order valence-corrected chi connectivity index (χ2v) is 7.58. The summed E-state index contributed by atoms with van der Waals surface area (Å²) in [5.41, 5.74) is 2.16. The molecule has 1 spiro atoms. The van der Waals surface area contributed by atoms with Gasteiger partial charge in [-0.2, -0.15) is 0 Å². The van der Waals surface area contributed by atoms with E-state index in [1.807, 2.05) is 26.0 Å². The lowest BCUT2D eigenvalue weighted by Gasteiger charge is -2.35. The van der Waals surface area contributed by atoms with Gasteiger partial charge in [-0.05, 0) is 67.3 Å². The van der Waals surface area contributed by atoms with Crippen molar-refractivity contribution in [3.63, 3.8) is 0 Å². The maximum Gasteiger partial charge on any atom is 0.235 e. The Morgan fingerprint density at radius 2 is 1.72 bits per heavy atom. The molecule has 1 heterocycles. The summed E-state index contributed by atoms with van der Waals surface area (Å²) in [6.45, 7) is 4.07. The number of aryl methyl sites for hydroxylation is 2. The van der Waals surface area contributed by atoms with Crippen LogP contribution in [0.15, 0.2) is 12.1 Å². The lowest BCUT2D eigenvalue weighted by atomic mass is 9.74. The minimum atomic E-state index is -0.716. The smallest absolute Gasteiger partial charge is 0.235 e. The van der Waals surface area contributed by atoms with Crippen LogP contribution in [0, 0.1) is 0 Å². The summed E-state index contributed by atoms with van der Waals surface area (Å²) in [7, 11) is 1.70. The van der Waals surface area contributed by atoms with Gasteiger partial charge in [-0.1, -0.05) is 25.4 Å². The zero-order valence-electron chi connectivity index (χ0n) is 15.2. The summed E-state index contributed by atoms with van der Waals surface area (Å²) in [6.07, 6.45) is 4.60. The summed E-state index contributed by atoms with van der Waals surface area (Å²) >= 11 is 6.23. The molecule has 0 aromatic heterocycles. The Balaban J connectivity index is 1.99. The number of carbonyl (C=O) groups excluding carboxylic acids is 2. The molecule has 1 saturated heterocycles. The molecule has 1 aromatic carbocycles. The number of amides is 1. The predicted octanol–water partition coefficient (Wildman–Crippen LogP) is 3.58. The molecule has 1 N–H and O–H groups in total. The Morgan fingerprint density at radius 3 is 2.20 bits per heavy atom. The SMILES string of the molecule is CCc1cc(Cl)cc(CC)c1C1C(=O)NC2(CCC(OC)CC2)C1=O. The van der Waals surface area contributed by atoms with Gasteiger partial charge in [0.05, 0.1) is 11.6 Å². The molecule has 2 aliphatic rings. The Labute approximate surface area is 154 Å². The molecule has 1 amide bonds. The van der Waals surface area contributed by atoms with Crippen molar-refractivity contribution in [1.82, 2.24) is 5.32 Å². The van der Waals surface area contributed by atoms with Crippen LogP contribution < -0.4 is 5.32 Å². The zero-order chi connectivity index (χ0) is 18.2. The van der Waals surface area contributed by atoms with Crippen molar-refractivity contribution < 1.29 is 14.3 Å². The Morgan fingerprint density at radius 1 is 1.16 bits per heavy atom. The molecule has 1 saturated carbocycles. The van der Waals surface area contributed by atoms with Gasteiger partial charge in [0.1, 0.15) is 5.92 Å². The molecule has 136 valence electrons. The summed E-state index contributed by atoms with van der Waals surface area (Å²) in [5.74, 6) is -0.840. The summed E-state index contributed by atoms with van der Waals surface area (Å²) in [5, 5.41) is 3.72. The fraction of sp³-hybridized carbons (Fsp3) is 0.600. The van der Waals surface area contributed by atoms with Gasteiger partial charge in [0.15, 0.2) is 5.78 Å². The Kier molecular flexibility index (Phi) is 5.21. The number of ether oxygens (including phenoxy) is 1. The molecule has 2 fully saturated rings. The van der Waals surface area contributed by atoms with Gasteiger partial charge in [0.25, 0.3) is 0 Å². The first-order valence-electron chi connectivity index (χ1n) is 9.16. The zero-order valence-corrected chi connectivity index (χ0v) is 15.9. The second kappa shape index (κ2) is 7.08. The van der Waals surface area contributed by atoms with Crippen molar-refractivity contribution in [2.75, 3.05) is 7.11 Å². The van der Waals surface area contributed by atoms with Crippen LogP contribution in [0.1, 0.15) is 62.1 Å². The lowest BCUT2D eigenvalue weighted by Crippen LogP contribution is -2.50. The van der Waals surface area contributed by atoms with E-state index in [0.29, 0.717) is 17.9 Å². The molecule has 3 rings (SSSR count).